The minimum atomic E-state index is -0.313. The number of para-hydroxylation sites is 1. The highest BCUT2D eigenvalue weighted by Crippen LogP contribution is 2.36. The molecule has 8 nitrogen and oxygen atoms in total. The van der Waals surface area contributed by atoms with Crippen LogP contribution in [0.2, 0.25) is 0 Å². The number of benzene rings is 2. The van der Waals surface area contributed by atoms with Crippen LogP contribution < -0.4 is 15.5 Å². The molecule has 1 aliphatic carbocycles. The summed E-state index contributed by atoms with van der Waals surface area (Å²) in [4.78, 5) is 16.4. The molecule has 0 radical (unpaired) electrons. The zero-order valence-electron chi connectivity index (χ0n) is 19.5. The molecule has 6 rings (SSSR count). The number of rotatable bonds is 6. The lowest BCUT2D eigenvalue weighted by molar-refractivity contribution is 0.122. The van der Waals surface area contributed by atoms with Gasteiger partial charge < -0.3 is 20.3 Å². The molecule has 3 heterocycles. The Kier molecular flexibility index (Phi) is 5.91. The van der Waals surface area contributed by atoms with Crippen molar-refractivity contribution in [1.29, 1.82) is 0 Å². The van der Waals surface area contributed by atoms with E-state index in [1.807, 2.05) is 12.1 Å². The Bertz CT molecular complexity index is 1310. The maximum atomic E-state index is 14.3. The lowest BCUT2D eigenvalue weighted by Gasteiger charge is -2.28. The molecule has 2 N–H and O–H groups in total. The van der Waals surface area contributed by atoms with Crippen LogP contribution in [0.4, 0.5) is 33.3 Å². The molecule has 2 fully saturated rings. The SMILES string of the molecule is Fc1ccccc1Nc1nc2cnc(Nc3ccc(N4CCOCC4)cc3)nc2n1C1CCCC1. The van der Waals surface area contributed by atoms with E-state index in [4.69, 9.17) is 14.7 Å². The van der Waals surface area contributed by atoms with Crippen LogP contribution in [0.1, 0.15) is 31.7 Å². The maximum Gasteiger partial charge on any atom is 0.229 e. The van der Waals surface area contributed by atoms with E-state index >= 15 is 0 Å². The highest BCUT2D eigenvalue weighted by Gasteiger charge is 2.24. The van der Waals surface area contributed by atoms with Gasteiger partial charge in [-0.25, -0.2) is 14.4 Å². The van der Waals surface area contributed by atoms with Gasteiger partial charge in [0.2, 0.25) is 11.9 Å². The number of nitrogens with zero attached hydrogens (tertiary/aromatic N) is 5. The first-order valence-electron chi connectivity index (χ1n) is 12.2. The van der Waals surface area contributed by atoms with Crippen LogP contribution in [0, 0.1) is 5.82 Å². The molecule has 2 aromatic carbocycles. The van der Waals surface area contributed by atoms with Crippen molar-refractivity contribution in [2.24, 2.45) is 0 Å². The molecule has 0 unspecified atom stereocenters. The van der Waals surface area contributed by atoms with E-state index in [-0.39, 0.29) is 11.9 Å². The van der Waals surface area contributed by atoms with Crippen molar-refractivity contribution in [2.75, 3.05) is 41.8 Å². The van der Waals surface area contributed by atoms with Crippen LogP contribution in [0.25, 0.3) is 11.2 Å². The molecule has 0 bridgehead atoms. The first kappa shape index (κ1) is 21.8. The van der Waals surface area contributed by atoms with E-state index in [1.165, 1.54) is 11.8 Å². The van der Waals surface area contributed by atoms with Crippen LogP contribution in [-0.2, 0) is 4.74 Å². The van der Waals surface area contributed by atoms with Crippen LogP contribution in [0.3, 0.4) is 0 Å². The van der Waals surface area contributed by atoms with Gasteiger partial charge in [0.15, 0.2) is 5.65 Å². The molecule has 35 heavy (non-hydrogen) atoms. The quantitative estimate of drug-likeness (QED) is 0.388. The standard InChI is InChI=1S/C26H28FN7O/c27-21-7-3-4-8-22(21)30-26-31-23-17-28-25(32-24(23)34(26)20-5-1-2-6-20)29-18-9-11-19(12-10-18)33-13-15-35-16-14-33/h3-4,7-12,17,20H,1-2,5-6,13-16H2,(H,30,31)(H,28,29,32). The average Bonchev–Trinajstić information content (AvgIpc) is 3.54. The smallest absolute Gasteiger partial charge is 0.229 e. The van der Waals surface area contributed by atoms with Crippen molar-refractivity contribution >= 4 is 40.1 Å². The molecule has 2 aliphatic rings. The lowest BCUT2D eigenvalue weighted by Crippen LogP contribution is -2.36. The van der Waals surface area contributed by atoms with Crippen LogP contribution in [0.5, 0.6) is 0 Å². The van der Waals surface area contributed by atoms with Gasteiger partial charge in [0.05, 0.1) is 25.1 Å². The van der Waals surface area contributed by atoms with Gasteiger partial charge in [-0.2, -0.15) is 4.98 Å². The number of halogens is 1. The van der Waals surface area contributed by atoms with E-state index in [1.54, 1.807) is 24.4 Å². The minimum absolute atomic E-state index is 0.268. The summed E-state index contributed by atoms with van der Waals surface area (Å²) in [5, 5.41) is 6.51. The number of morpholine rings is 1. The fourth-order valence-corrected chi connectivity index (χ4v) is 4.94. The van der Waals surface area contributed by atoms with Crippen molar-refractivity contribution in [3.05, 3.63) is 60.5 Å². The first-order chi connectivity index (χ1) is 17.2. The molecule has 4 aromatic rings. The summed E-state index contributed by atoms with van der Waals surface area (Å²) in [6.45, 7) is 3.33. The Labute approximate surface area is 203 Å². The summed E-state index contributed by atoms with van der Waals surface area (Å²) < 4.78 is 21.9. The molecule has 9 heteroatoms. The number of hydrogen-bond donors (Lipinski definition) is 2. The predicted octanol–water partition coefficient (Wildman–Crippen LogP) is 5.40. The largest absolute Gasteiger partial charge is 0.378 e. The maximum absolute atomic E-state index is 14.3. The minimum Gasteiger partial charge on any atom is -0.378 e. The van der Waals surface area contributed by atoms with Gasteiger partial charge in [-0.3, -0.25) is 4.57 Å². The van der Waals surface area contributed by atoms with E-state index in [0.29, 0.717) is 23.1 Å². The van der Waals surface area contributed by atoms with Gasteiger partial charge in [-0.1, -0.05) is 25.0 Å². The molecule has 0 spiro atoms. The topological polar surface area (TPSA) is 80.1 Å². The molecule has 1 saturated heterocycles. The van der Waals surface area contributed by atoms with Gasteiger partial charge in [-0.15, -0.1) is 0 Å². The average molecular weight is 474 g/mol. The van der Waals surface area contributed by atoms with E-state index in [2.05, 4.69) is 37.2 Å². The van der Waals surface area contributed by atoms with Crippen molar-refractivity contribution in [1.82, 2.24) is 19.5 Å². The fraction of sp³-hybridized carbons (Fsp3) is 0.346. The number of hydrogen-bond acceptors (Lipinski definition) is 7. The summed E-state index contributed by atoms with van der Waals surface area (Å²) in [6.07, 6.45) is 6.15. The van der Waals surface area contributed by atoms with Gasteiger partial charge in [-0.05, 0) is 49.2 Å². The normalized spacial score (nSPS) is 16.7. The zero-order chi connectivity index (χ0) is 23.6. The Morgan fingerprint density at radius 1 is 0.914 bits per heavy atom. The van der Waals surface area contributed by atoms with Gasteiger partial charge in [0.25, 0.3) is 0 Å². The van der Waals surface area contributed by atoms with Crippen molar-refractivity contribution in [2.45, 2.75) is 31.7 Å². The third-order valence-electron chi connectivity index (χ3n) is 6.74. The van der Waals surface area contributed by atoms with Gasteiger partial charge >= 0.3 is 0 Å². The summed E-state index contributed by atoms with van der Waals surface area (Å²) in [7, 11) is 0. The van der Waals surface area contributed by atoms with Crippen LogP contribution in [0.15, 0.2) is 54.7 Å². The summed E-state index contributed by atoms with van der Waals surface area (Å²) in [5.41, 5.74) is 3.92. The summed E-state index contributed by atoms with van der Waals surface area (Å²) in [5.74, 6) is 0.790. The predicted molar refractivity (Wildman–Crippen MR) is 135 cm³/mol. The zero-order valence-corrected chi connectivity index (χ0v) is 19.5. The molecule has 1 saturated carbocycles. The highest BCUT2D eigenvalue weighted by atomic mass is 19.1. The molecular weight excluding hydrogens is 445 g/mol. The van der Waals surface area contributed by atoms with Crippen LogP contribution >= 0.6 is 0 Å². The van der Waals surface area contributed by atoms with Crippen molar-refractivity contribution in [3.8, 4) is 0 Å². The summed E-state index contributed by atoms with van der Waals surface area (Å²) in [6, 6.07) is 15.2. The molecule has 1 aliphatic heterocycles. The lowest BCUT2D eigenvalue weighted by atomic mass is 10.2. The summed E-state index contributed by atoms with van der Waals surface area (Å²) >= 11 is 0. The van der Waals surface area contributed by atoms with E-state index in [9.17, 15) is 4.39 Å². The Hall–Kier alpha value is -3.72. The number of ether oxygens (including phenoxy) is 1. The van der Waals surface area contributed by atoms with Crippen molar-refractivity contribution < 1.29 is 9.13 Å². The second-order valence-electron chi connectivity index (χ2n) is 9.02. The number of anilines is 5. The number of nitrogens with one attached hydrogen (secondary N) is 2. The molecular formula is C26H28FN7O. The Balaban J connectivity index is 1.29. The molecule has 0 amide bonds. The number of aromatic nitrogens is 4. The first-order valence-corrected chi connectivity index (χ1v) is 12.2. The Morgan fingerprint density at radius 3 is 2.46 bits per heavy atom. The third-order valence-corrected chi connectivity index (χ3v) is 6.74. The molecule has 180 valence electrons. The van der Waals surface area contributed by atoms with E-state index in [0.717, 1.165) is 63.3 Å². The number of imidazole rings is 1. The fourth-order valence-electron chi connectivity index (χ4n) is 4.94. The molecule has 2 aromatic heterocycles. The highest BCUT2D eigenvalue weighted by molar-refractivity contribution is 5.77. The third kappa shape index (κ3) is 4.51. The van der Waals surface area contributed by atoms with Crippen molar-refractivity contribution in [3.63, 3.8) is 0 Å². The second kappa shape index (κ2) is 9.50. The molecule has 0 atom stereocenters. The van der Waals surface area contributed by atoms with Gasteiger partial charge in [0.1, 0.15) is 11.3 Å². The Morgan fingerprint density at radius 2 is 1.69 bits per heavy atom. The second-order valence-corrected chi connectivity index (χ2v) is 9.02. The number of fused-ring (bicyclic) bond motifs is 1. The monoisotopic (exact) mass is 473 g/mol. The van der Waals surface area contributed by atoms with E-state index < -0.39 is 0 Å². The van der Waals surface area contributed by atoms with Gasteiger partial charge in [0, 0.05) is 30.5 Å². The van der Waals surface area contributed by atoms with Crippen LogP contribution in [-0.4, -0.2) is 45.8 Å².